The summed E-state index contributed by atoms with van der Waals surface area (Å²) >= 11 is 0. The molecule has 0 N–H and O–H groups in total. The van der Waals surface area contributed by atoms with E-state index in [0.717, 1.165) is 24.1 Å². The van der Waals surface area contributed by atoms with E-state index < -0.39 is 0 Å². The highest BCUT2D eigenvalue weighted by atomic mass is 16.5. The lowest BCUT2D eigenvalue weighted by Gasteiger charge is -2.37. The first-order valence-corrected chi connectivity index (χ1v) is 10.9. The van der Waals surface area contributed by atoms with Gasteiger partial charge in [0, 0.05) is 31.9 Å². The molecule has 2 aliphatic heterocycles. The van der Waals surface area contributed by atoms with Crippen molar-refractivity contribution in [2.45, 2.75) is 32.2 Å². The Bertz CT molecular complexity index is 1150. The molecule has 5 rings (SSSR count). The van der Waals surface area contributed by atoms with Crippen LogP contribution >= 0.6 is 0 Å². The summed E-state index contributed by atoms with van der Waals surface area (Å²) in [7, 11) is 1.80. The van der Waals surface area contributed by atoms with Crippen molar-refractivity contribution in [3.63, 3.8) is 0 Å². The van der Waals surface area contributed by atoms with E-state index in [-0.39, 0.29) is 24.7 Å². The Labute approximate surface area is 191 Å². The maximum absolute atomic E-state index is 12.7. The predicted molar refractivity (Wildman–Crippen MR) is 119 cm³/mol. The van der Waals surface area contributed by atoms with E-state index in [4.69, 9.17) is 14.3 Å². The van der Waals surface area contributed by atoms with Crippen LogP contribution in [0.2, 0.25) is 0 Å². The van der Waals surface area contributed by atoms with Crippen molar-refractivity contribution in [3.8, 4) is 11.5 Å². The van der Waals surface area contributed by atoms with Crippen LogP contribution in [0.1, 0.15) is 36.0 Å². The molecule has 0 radical (unpaired) electrons. The molecule has 1 amide bonds. The summed E-state index contributed by atoms with van der Waals surface area (Å²) in [6, 6.07) is 9.81. The van der Waals surface area contributed by atoms with Crippen LogP contribution in [-0.4, -0.2) is 74.6 Å². The average Bonchev–Trinajstić information content (AvgIpc) is 3.13. The number of amides is 1. The van der Waals surface area contributed by atoms with Crippen LogP contribution in [-0.2, 0) is 9.53 Å². The summed E-state index contributed by atoms with van der Waals surface area (Å²) in [5.41, 5.74) is 3.36. The van der Waals surface area contributed by atoms with Crippen LogP contribution in [0, 0.1) is 6.92 Å². The van der Waals surface area contributed by atoms with Crippen LogP contribution in [0.4, 0.5) is 0 Å². The fourth-order valence-electron chi connectivity index (χ4n) is 4.15. The molecule has 2 aliphatic rings. The standard InChI is InChI=1S/C23H25N7O3/c1-15-26-22(33-28-15)17-5-3-16(4-6-17)20-8-10-30(11-12-32-20)23-27-19(13-21(31)29(23)2)18-7-9-24-14-25-18/h3-7,9,14,20,23H,8,10-13H2,1-2H3. The van der Waals surface area contributed by atoms with Crippen molar-refractivity contribution in [2.75, 3.05) is 26.7 Å². The molecule has 0 bridgehead atoms. The quantitative estimate of drug-likeness (QED) is 0.599. The molecule has 1 aromatic carbocycles. The molecule has 2 unspecified atom stereocenters. The molecule has 1 fully saturated rings. The fraction of sp³-hybridized carbons (Fsp3) is 0.391. The highest BCUT2D eigenvalue weighted by Crippen LogP contribution is 2.28. The number of ether oxygens (including phenoxy) is 1. The molecule has 10 heteroatoms. The van der Waals surface area contributed by atoms with Gasteiger partial charge in [-0.15, -0.1) is 0 Å². The maximum Gasteiger partial charge on any atom is 0.257 e. The largest absolute Gasteiger partial charge is 0.372 e. The third kappa shape index (κ3) is 4.53. The molecule has 0 spiro atoms. The first-order valence-electron chi connectivity index (χ1n) is 10.9. The first kappa shape index (κ1) is 21.4. The normalized spacial score (nSPS) is 22.2. The van der Waals surface area contributed by atoms with E-state index in [9.17, 15) is 4.79 Å². The summed E-state index contributed by atoms with van der Waals surface area (Å²) in [4.78, 5) is 33.9. The zero-order chi connectivity index (χ0) is 22.8. The Morgan fingerprint density at radius 2 is 1.97 bits per heavy atom. The molecule has 4 heterocycles. The Hall–Kier alpha value is -3.50. The number of aliphatic imine (C=N–C) groups is 1. The van der Waals surface area contributed by atoms with E-state index in [2.05, 4.69) is 25.0 Å². The molecule has 170 valence electrons. The zero-order valence-electron chi connectivity index (χ0n) is 18.6. The summed E-state index contributed by atoms with van der Waals surface area (Å²) in [5, 5.41) is 3.84. The minimum Gasteiger partial charge on any atom is -0.372 e. The predicted octanol–water partition coefficient (Wildman–Crippen LogP) is 2.23. The van der Waals surface area contributed by atoms with Gasteiger partial charge in [0.15, 0.2) is 12.1 Å². The number of benzene rings is 1. The molecular formula is C23H25N7O3. The monoisotopic (exact) mass is 447 g/mol. The third-order valence-corrected chi connectivity index (χ3v) is 5.97. The van der Waals surface area contributed by atoms with Gasteiger partial charge in [0.25, 0.3) is 5.89 Å². The number of rotatable bonds is 4. The van der Waals surface area contributed by atoms with Gasteiger partial charge >= 0.3 is 0 Å². The van der Waals surface area contributed by atoms with Gasteiger partial charge in [-0.3, -0.25) is 9.69 Å². The zero-order valence-corrected chi connectivity index (χ0v) is 18.6. The van der Waals surface area contributed by atoms with E-state index in [1.54, 1.807) is 31.1 Å². The van der Waals surface area contributed by atoms with Crippen molar-refractivity contribution >= 4 is 11.6 Å². The van der Waals surface area contributed by atoms with Crippen molar-refractivity contribution in [3.05, 3.63) is 59.9 Å². The van der Waals surface area contributed by atoms with Crippen LogP contribution in [0.3, 0.4) is 0 Å². The summed E-state index contributed by atoms with van der Waals surface area (Å²) in [6.45, 7) is 3.77. The SMILES string of the molecule is Cc1noc(-c2ccc(C3CCN(C4N=C(c5ccncn5)CC(=O)N4C)CCO3)cc2)n1. The average molecular weight is 447 g/mol. The van der Waals surface area contributed by atoms with Crippen LogP contribution in [0.25, 0.3) is 11.5 Å². The molecule has 3 aromatic rings. The lowest BCUT2D eigenvalue weighted by molar-refractivity contribution is -0.135. The van der Waals surface area contributed by atoms with E-state index in [0.29, 0.717) is 36.3 Å². The van der Waals surface area contributed by atoms with Gasteiger partial charge in [0.05, 0.1) is 30.5 Å². The van der Waals surface area contributed by atoms with Gasteiger partial charge in [-0.25, -0.2) is 15.0 Å². The second kappa shape index (κ2) is 9.16. The van der Waals surface area contributed by atoms with Gasteiger partial charge in [-0.05, 0) is 37.1 Å². The topological polar surface area (TPSA) is 110 Å². The first-order chi connectivity index (χ1) is 16.1. The number of aromatic nitrogens is 4. The van der Waals surface area contributed by atoms with Crippen LogP contribution in [0.15, 0.2) is 52.4 Å². The summed E-state index contributed by atoms with van der Waals surface area (Å²) in [5.74, 6) is 1.14. The number of nitrogens with zero attached hydrogens (tertiary/aromatic N) is 7. The minimum atomic E-state index is -0.373. The lowest BCUT2D eigenvalue weighted by Crippen LogP contribution is -2.52. The van der Waals surface area contributed by atoms with Crippen molar-refractivity contribution < 1.29 is 14.1 Å². The molecule has 2 aromatic heterocycles. The molecule has 0 aliphatic carbocycles. The number of hydrogen-bond donors (Lipinski definition) is 0. The Kier molecular flexibility index (Phi) is 5.93. The fourth-order valence-corrected chi connectivity index (χ4v) is 4.15. The number of hydrogen-bond acceptors (Lipinski definition) is 9. The number of carbonyl (C=O) groups is 1. The van der Waals surface area contributed by atoms with Crippen LogP contribution < -0.4 is 0 Å². The van der Waals surface area contributed by atoms with E-state index in [1.807, 2.05) is 24.3 Å². The molecule has 2 atom stereocenters. The number of aryl methyl sites for hydroxylation is 1. The Morgan fingerprint density at radius 3 is 2.70 bits per heavy atom. The summed E-state index contributed by atoms with van der Waals surface area (Å²) in [6.07, 6.45) is 3.76. The highest BCUT2D eigenvalue weighted by molar-refractivity contribution is 6.10. The third-order valence-electron chi connectivity index (χ3n) is 5.97. The highest BCUT2D eigenvalue weighted by Gasteiger charge is 2.33. The van der Waals surface area contributed by atoms with Crippen molar-refractivity contribution in [1.29, 1.82) is 0 Å². The Balaban J connectivity index is 1.30. The van der Waals surface area contributed by atoms with Gasteiger partial charge < -0.3 is 14.2 Å². The maximum atomic E-state index is 12.7. The van der Waals surface area contributed by atoms with Gasteiger partial charge in [-0.1, -0.05) is 17.3 Å². The van der Waals surface area contributed by atoms with E-state index in [1.165, 1.54) is 6.33 Å². The smallest absolute Gasteiger partial charge is 0.257 e. The minimum absolute atomic E-state index is 0.0252. The van der Waals surface area contributed by atoms with Crippen molar-refractivity contribution in [1.82, 2.24) is 29.9 Å². The molecule has 33 heavy (non-hydrogen) atoms. The van der Waals surface area contributed by atoms with Crippen molar-refractivity contribution in [2.24, 2.45) is 4.99 Å². The second-order valence-electron chi connectivity index (χ2n) is 8.15. The van der Waals surface area contributed by atoms with Gasteiger partial charge in [-0.2, -0.15) is 4.98 Å². The van der Waals surface area contributed by atoms with Gasteiger partial charge in [0.1, 0.15) is 6.33 Å². The summed E-state index contributed by atoms with van der Waals surface area (Å²) < 4.78 is 11.4. The van der Waals surface area contributed by atoms with E-state index >= 15 is 0 Å². The molecule has 10 nitrogen and oxygen atoms in total. The molecular weight excluding hydrogens is 422 g/mol. The number of carbonyl (C=O) groups excluding carboxylic acids is 1. The Morgan fingerprint density at radius 1 is 1.12 bits per heavy atom. The second-order valence-corrected chi connectivity index (χ2v) is 8.15. The van der Waals surface area contributed by atoms with Gasteiger partial charge in [0.2, 0.25) is 5.91 Å². The lowest BCUT2D eigenvalue weighted by atomic mass is 10.0. The molecule has 1 saturated heterocycles. The molecule has 0 saturated carbocycles. The van der Waals surface area contributed by atoms with Crippen LogP contribution in [0.5, 0.6) is 0 Å².